The number of thioether (sulfide) groups is 1. The monoisotopic (exact) mass is 395 g/mol. The number of benzene rings is 1. The zero-order valence-electron chi connectivity index (χ0n) is 15.9. The maximum atomic E-state index is 9.15. The molecule has 0 bridgehead atoms. The van der Waals surface area contributed by atoms with Crippen molar-refractivity contribution in [3.05, 3.63) is 59.1 Å². The average Bonchev–Trinajstić information content (AvgIpc) is 3.08. The quantitative estimate of drug-likeness (QED) is 0.445. The Morgan fingerprint density at radius 3 is 2.73 bits per heavy atom. The van der Waals surface area contributed by atoms with E-state index in [0.29, 0.717) is 5.02 Å². The van der Waals surface area contributed by atoms with E-state index in [4.69, 9.17) is 22.4 Å². The second-order valence-electron chi connectivity index (χ2n) is 5.81. The van der Waals surface area contributed by atoms with Crippen molar-refractivity contribution in [1.82, 2.24) is 9.78 Å². The van der Waals surface area contributed by atoms with Crippen LogP contribution in [0.3, 0.4) is 0 Å². The summed E-state index contributed by atoms with van der Waals surface area (Å²) in [6, 6.07) is 7.69. The van der Waals surface area contributed by atoms with Crippen LogP contribution in [0.4, 0.5) is 0 Å². The van der Waals surface area contributed by atoms with Crippen molar-refractivity contribution >= 4 is 23.4 Å². The number of aryl methyl sites for hydroxylation is 2. The minimum atomic E-state index is -0.313. The molecule has 0 saturated heterocycles. The zero-order chi connectivity index (χ0) is 19.5. The minimum absolute atomic E-state index is 0.0657. The highest BCUT2D eigenvalue weighted by molar-refractivity contribution is 7.99. The van der Waals surface area contributed by atoms with Crippen molar-refractivity contribution in [3.8, 4) is 5.69 Å². The molecule has 1 aromatic heterocycles. The van der Waals surface area contributed by atoms with Gasteiger partial charge in [-0.25, -0.2) is 4.68 Å². The summed E-state index contributed by atoms with van der Waals surface area (Å²) in [6.45, 7) is 9.47. The van der Waals surface area contributed by atoms with Crippen LogP contribution in [-0.2, 0) is 6.42 Å². The number of aliphatic hydroxyl groups is 1. The first-order valence-electron chi connectivity index (χ1n) is 8.99. The average molecular weight is 396 g/mol. The Morgan fingerprint density at radius 2 is 2.08 bits per heavy atom. The molecule has 6 heteroatoms. The van der Waals surface area contributed by atoms with Gasteiger partial charge in [0.05, 0.1) is 22.4 Å². The van der Waals surface area contributed by atoms with Crippen LogP contribution in [0.15, 0.2) is 42.8 Å². The van der Waals surface area contributed by atoms with Crippen LogP contribution in [0.5, 0.6) is 0 Å². The number of hydrogen-bond acceptors (Lipinski definition) is 4. The van der Waals surface area contributed by atoms with E-state index in [1.54, 1.807) is 0 Å². The Balaban J connectivity index is 0.00000163. The van der Waals surface area contributed by atoms with Crippen LogP contribution in [0.25, 0.3) is 5.69 Å². The van der Waals surface area contributed by atoms with Gasteiger partial charge in [0, 0.05) is 6.20 Å². The van der Waals surface area contributed by atoms with Gasteiger partial charge < -0.3 is 10.8 Å². The van der Waals surface area contributed by atoms with Gasteiger partial charge in [-0.1, -0.05) is 38.1 Å². The predicted molar refractivity (Wildman–Crippen MR) is 115 cm³/mol. The SMILES string of the molecule is C=C(O)C(N)CCSCCCc1ccn(-c2ccc(C)cc2Cl)n1.CC. The molecule has 3 N–H and O–H groups in total. The summed E-state index contributed by atoms with van der Waals surface area (Å²) in [5.74, 6) is 2.03. The topological polar surface area (TPSA) is 64.1 Å². The maximum Gasteiger partial charge on any atom is 0.102 e. The van der Waals surface area contributed by atoms with Crippen molar-refractivity contribution in [3.63, 3.8) is 0 Å². The highest BCUT2D eigenvalue weighted by Gasteiger charge is 2.07. The van der Waals surface area contributed by atoms with Crippen LogP contribution >= 0.6 is 23.4 Å². The van der Waals surface area contributed by atoms with Gasteiger partial charge in [-0.2, -0.15) is 16.9 Å². The molecule has 2 aromatic rings. The van der Waals surface area contributed by atoms with Crippen LogP contribution in [0, 0.1) is 6.92 Å². The van der Waals surface area contributed by atoms with Crippen molar-refractivity contribution < 1.29 is 5.11 Å². The first-order chi connectivity index (χ1) is 12.5. The lowest BCUT2D eigenvalue weighted by molar-refractivity contribution is 0.367. The first-order valence-corrected chi connectivity index (χ1v) is 10.5. The number of nitrogens with zero attached hydrogens (tertiary/aromatic N) is 2. The van der Waals surface area contributed by atoms with Crippen molar-refractivity contribution in [2.24, 2.45) is 5.73 Å². The summed E-state index contributed by atoms with van der Waals surface area (Å²) in [6.07, 6.45) is 4.69. The molecule has 0 aliphatic heterocycles. The molecule has 0 spiro atoms. The lowest BCUT2D eigenvalue weighted by Gasteiger charge is -2.08. The Morgan fingerprint density at radius 1 is 1.35 bits per heavy atom. The molecule has 0 fully saturated rings. The van der Waals surface area contributed by atoms with Gasteiger partial charge in [0.25, 0.3) is 0 Å². The highest BCUT2D eigenvalue weighted by Crippen LogP contribution is 2.21. The molecule has 0 radical (unpaired) electrons. The van der Waals surface area contributed by atoms with E-state index in [1.165, 1.54) is 0 Å². The van der Waals surface area contributed by atoms with E-state index in [-0.39, 0.29) is 11.8 Å². The number of nitrogens with two attached hydrogens (primary N) is 1. The molecule has 4 nitrogen and oxygen atoms in total. The molecule has 0 aliphatic carbocycles. The van der Waals surface area contributed by atoms with Crippen LogP contribution < -0.4 is 5.73 Å². The lowest BCUT2D eigenvalue weighted by atomic mass is 10.2. The molecule has 1 heterocycles. The third kappa shape index (κ3) is 7.44. The Bertz CT molecular complexity index is 687. The Labute approximate surface area is 166 Å². The number of hydrogen-bond donors (Lipinski definition) is 2. The van der Waals surface area contributed by atoms with E-state index < -0.39 is 0 Å². The minimum Gasteiger partial charge on any atom is -0.511 e. The van der Waals surface area contributed by atoms with E-state index in [1.807, 2.05) is 67.7 Å². The highest BCUT2D eigenvalue weighted by atomic mass is 35.5. The second kappa shape index (κ2) is 12.0. The Hall–Kier alpha value is -1.43. The molecule has 26 heavy (non-hydrogen) atoms. The fourth-order valence-corrected chi connectivity index (χ4v) is 3.56. The maximum absolute atomic E-state index is 9.15. The standard InChI is InChI=1S/C18H24ClN3OS.C2H6/c1-13-5-6-18(16(19)12-13)22-9-7-15(21-22)4-3-10-24-11-8-17(20)14(2)23;1-2/h5-7,9,12,17,23H,2-4,8,10-11,20H2,1H3;1-2H3. The molecular weight excluding hydrogens is 366 g/mol. The fraction of sp³-hybridized carbons (Fsp3) is 0.450. The number of halogens is 1. The van der Waals surface area contributed by atoms with Crippen LogP contribution in [-0.4, -0.2) is 32.4 Å². The molecule has 2 rings (SSSR count). The normalized spacial score (nSPS) is 11.6. The smallest absolute Gasteiger partial charge is 0.102 e. The van der Waals surface area contributed by atoms with E-state index in [0.717, 1.165) is 47.7 Å². The second-order valence-corrected chi connectivity index (χ2v) is 7.44. The van der Waals surface area contributed by atoms with Crippen molar-refractivity contribution in [2.45, 2.75) is 46.1 Å². The molecule has 1 unspecified atom stereocenters. The summed E-state index contributed by atoms with van der Waals surface area (Å²) in [7, 11) is 0. The number of aliphatic hydroxyl groups excluding tert-OH is 1. The summed E-state index contributed by atoms with van der Waals surface area (Å²) >= 11 is 8.12. The largest absolute Gasteiger partial charge is 0.511 e. The summed E-state index contributed by atoms with van der Waals surface area (Å²) in [5, 5.41) is 14.5. The Kier molecular flexibility index (Phi) is 10.5. The summed E-state index contributed by atoms with van der Waals surface area (Å²) in [5.41, 5.74) is 8.82. The fourth-order valence-electron chi connectivity index (χ4n) is 2.26. The van der Waals surface area contributed by atoms with Gasteiger partial charge in [-0.15, -0.1) is 0 Å². The predicted octanol–water partition coefficient (Wildman–Crippen LogP) is 5.32. The van der Waals surface area contributed by atoms with Crippen LogP contribution in [0.2, 0.25) is 5.02 Å². The number of rotatable bonds is 9. The zero-order valence-corrected chi connectivity index (χ0v) is 17.5. The lowest BCUT2D eigenvalue weighted by Crippen LogP contribution is -2.22. The molecule has 0 saturated carbocycles. The van der Waals surface area contributed by atoms with Crippen LogP contribution in [0.1, 0.15) is 37.9 Å². The van der Waals surface area contributed by atoms with Gasteiger partial charge in [0.2, 0.25) is 0 Å². The van der Waals surface area contributed by atoms with E-state index in [2.05, 4.69) is 11.7 Å². The van der Waals surface area contributed by atoms with Gasteiger partial charge in [-0.05, 0) is 61.5 Å². The number of aromatic nitrogens is 2. The van der Waals surface area contributed by atoms with E-state index in [9.17, 15) is 0 Å². The molecular formula is C20H30ClN3OS. The third-order valence-corrected chi connectivity index (χ3v) is 5.12. The first kappa shape index (κ1) is 22.6. The summed E-state index contributed by atoms with van der Waals surface area (Å²) in [4.78, 5) is 0. The summed E-state index contributed by atoms with van der Waals surface area (Å²) < 4.78 is 1.83. The third-order valence-electron chi connectivity index (χ3n) is 3.72. The van der Waals surface area contributed by atoms with Crippen molar-refractivity contribution in [1.29, 1.82) is 0 Å². The molecule has 0 amide bonds. The van der Waals surface area contributed by atoms with Gasteiger partial charge in [0.15, 0.2) is 0 Å². The molecule has 1 atom stereocenters. The molecule has 144 valence electrons. The van der Waals surface area contributed by atoms with Gasteiger partial charge >= 0.3 is 0 Å². The molecule has 1 aromatic carbocycles. The van der Waals surface area contributed by atoms with Crippen molar-refractivity contribution in [2.75, 3.05) is 11.5 Å². The van der Waals surface area contributed by atoms with Gasteiger partial charge in [0.1, 0.15) is 5.76 Å². The molecule has 0 aliphatic rings. The van der Waals surface area contributed by atoms with Gasteiger partial charge in [-0.3, -0.25) is 0 Å². The van der Waals surface area contributed by atoms with E-state index >= 15 is 0 Å².